The molecule has 0 aromatic heterocycles. The van der Waals surface area contributed by atoms with Gasteiger partial charge in [-0.1, -0.05) is 0 Å². The third-order valence-corrected chi connectivity index (χ3v) is 4.40. The summed E-state index contributed by atoms with van der Waals surface area (Å²) >= 11 is 13.0. The molecule has 0 N–H and O–H groups in total. The summed E-state index contributed by atoms with van der Waals surface area (Å²) in [6.07, 6.45) is 6.30. The van der Waals surface area contributed by atoms with E-state index < -0.39 is 4.87 Å². The van der Waals surface area contributed by atoms with Crippen molar-refractivity contribution >= 4 is 41.6 Å². The van der Waals surface area contributed by atoms with E-state index >= 15 is 0 Å². The second-order valence-electron chi connectivity index (χ2n) is 2.59. The molecule has 64 valence electrons. The summed E-state index contributed by atoms with van der Waals surface area (Å²) in [5, 5.41) is 0. The van der Waals surface area contributed by atoms with E-state index in [4.69, 9.17) is 0 Å². The average molecular weight is 216 g/mol. The molecule has 0 spiro atoms. The van der Waals surface area contributed by atoms with Crippen LogP contribution in [0.1, 0.15) is 32.6 Å². The molecule has 0 bridgehead atoms. The molecule has 4 heteroatoms. The molecule has 0 saturated heterocycles. The number of hydrogen-bond donors (Lipinski definition) is 3. The van der Waals surface area contributed by atoms with Crippen molar-refractivity contribution in [1.29, 1.82) is 0 Å². The maximum atomic E-state index is 4.32. The van der Waals surface area contributed by atoms with Gasteiger partial charge in [0.2, 0.25) is 0 Å². The van der Waals surface area contributed by atoms with Gasteiger partial charge in [-0.15, -0.1) is 0 Å². The topological polar surface area (TPSA) is 0 Å². The van der Waals surface area contributed by atoms with Crippen molar-refractivity contribution in [3.63, 3.8) is 0 Å². The average Bonchev–Trinajstić information content (AvgIpc) is 1.78. The number of hydrogen-bond acceptors (Lipinski definition) is 3. The van der Waals surface area contributed by atoms with Gasteiger partial charge in [-0.25, -0.2) is 0 Å². The van der Waals surface area contributed by atoms with Crippen LogP contribution in [0.5, 0.6) is 0 Å². The summed E-state index contributed by atoms with van der Waals surface area (Å²) in [5.41, 5.74) is 0. The molecule has 0 aromatic carbocycles. The molecule has 0 aliphatic rings. The molecule has 0 heterocycles. The van der Waals surface area contributed by atoms with Gasteiger partial charge in [-0.2, -0.15) is 0 Å². The maximum absolute atomic E-state index is 4.32. The first-order valence-corrected chi connectivity index (χ1v) is 9.81. The van der Waals surface area contributed by atoms with Crippen LogP contribution in [-0.4, -0.2) is 6.16 Å². The number of unbranched alkanes of at least 4 members (excludes halogenated alkanes) is 3. The molecule has 0 aliphatic carbocycles. The fraction of sp³-hybridized carbons (Fsp3) is 1.00. The zero-order chi connectivity index (χ0) is 8.04. The molecule has 0 rings (SSSR count). The standard InChI is InChI=1S/C6H17PS3/c1-2-3-4-5-6-7(8,9)10/h7-10H,2-6H2,1H3. The Hall–Kier alpha value is 1.48. The van der Waals surface area contributed by atoms with Crippen LogP contribution in [0.15, 0.2) is 0 Å². The molecular weight excluding hydrogens is 199 g/mol. The summed E-state index contributed by atoms with van der Waals surface area (Å²) in [6, 6.07) is 0. The van der Waals surface area contributed by atoms with Crippen LogP contribution in [-0.2, 0) is 0 Å². The Morgan fingerprint density at radius 1 is 1.00 bits per heavy atom. The summed E-state index contributed by atoms with van der Waals surface area (Å²) in [6.45, 7) is 2.22. The predicted molar refractivity (Wildman–Crippen MR) is 64.3 cm³/mol. The minimum absolute atomic E-state index is 1.11. The monoisotopic (exact) mass is 216 g/mol. The SMILES string of the molecule is CCCCCC[PH](S)(S)S. The van der Waals surface area contributed by atoms with Crippen molar-refractivity contribution in [2.45, 2.75) is 32.6 Å². The third-order valence-electron chi connectivity index (χ3n) is 1.37. The van der Waals surface area contributed by atoms with E-state index in [2.05, 4.69) is 43.7 Å². The molecule has 0 atom stereocenters. The van der Waals surface area contributed by atoms with Crippen LogP contribution in [0.25, 0.3) is 0 Å². The molecule has 0 unspecified atom stereocenters. The van der Waals surface area contributed by atoms with Gasteiger partial charge in [0.05, 0.1) is 0 Å². The molecule has 0 saturated carbocycles. The van der Waals surface area contributed by atoms with Gasteiger partial charge in [0.25, 0.3) is 0 Å². The number of rotatable bonds is 5. The number of thiol groups is 3. The van der Waals surface area contributed by atoms with Gasteiger partial charge in [-0.05, 0) is 0 Å². The Balaban J connectivity index is 3.04. The van der Waals surface area contributed by atoms with E-state index in [1.807, 2.05) is 0 Å². The van der Waals surface area contributed by atoms with Crippen LogP contribution in [0, 0.1) is 0 Å². The fourth-order valence-corrected chi connectivity index (χ4v) is 2.94. The van der Waals surface area contributed by atoms with Crippen molar-refractivity contribution in [3.05, 3.63) is 0 Å². The second-order valence-corrected chi connectivity index (χ2v) is 14.7. The predicted octanol–water partition coefficient (Wildman–Crippen LogP) is 3.85. The third kappa shape index (κ3) is 9.48. The minimum atomic E-state index is -1.62. The quantitative estimate of drug-likeness (QED) is 0.347. The molecular formula is C6H17PS3. The van der Waals surface area contributed by atoms with Crippen LogP contribution >= 0.6 is 41.6 Å². The molecule has 0 amide bonds. The van der Waals surface area contributed by atoms with Crippen LogP contribution in [0.4, 0.5) is 0 Å². The van der Waals surface area contributed by atoms with E-state index in [0.717, 1.165) is 6.16 Å². The summed E-state index contributed by atoms with van der Waals surface area (Å²) in [4.78, 5) is -1.62. The fourth-order valence-electron chi connectivity index (χ4n) is 0.789. The van der Waals surface area contributed by atoms with Crippen LogP contribution in [0.2, 0.25) is 0 Å². The summed E-state index contributed by atoms with van der Waals surface area (Å²) in [7, 11) is 0. The van der Waals surface area contributed by atoms with Gasteiger partial charge < -0.3 is 0 Å². The van der Waals surface area contributed by atoms with Crippen molar-refractivity contribution in [2.75, 3.05) is 6.16 Å². The molecule has 0 aliphatic heterocycles. The van der Waals surface area contributed by atoms with Gasteiger partial charge in [0.15, 0.2) is 0 Å². The van der Waals surface area contributed by atoms with Crippen LogP contribution in [0.3, 0.4) is 0 Å². The van der Waals surface area contributed by atoms with Gasteiger partial charge in [0, 0.05) is 0 Å². The van der Waals surface area contributed by atoms with Gasteiger partial charge >= 0.3 is 80.4 Å². The van der Waals surface area contributed by atoms with Crippen LogP contribution < -0.4 is 0 Å². The molecule has 0 nitrogen and oxygen atoms in total. The normalized spacial score (nSPS) is 13.6. The van der Waals surface area contributed by atoms with Crippen molar-refractivity contribution in [3.8, 4) is 0 Å². The van der Waals surface area contributed by atoms with E-state index in [-0.39, 0.29) is 0 Å². The zero-order valence-electron chi connectivity index (χ0n) is 6.38. The first-order chi connectivity index (χ1) is 4.56. The van der Waals surface area contributed by atoms with Gasteiger partial charge in [-0.3, -0.25) is 0 Å². The molecule has 0 aromatic rings. The van der Waals surface area contributed by atoms with E-state index in [1.165, 1.54) is 25.7 Å². The summed E-state index contributed by atoms with van der Waals surface area (Å²) < 4.78 is 0. The first kappa shape index (κ1) is 11.5. The Kier molecular flexibility index (Phi) is 6.94. The Labute approximate surface area is 80.4 Å². The Morgan fingerprint density at radius 3 is 2.00 bits per heavy atom. The molecule has 0 fully saturated rings. The zero-order valence-corrected chi connectivity index (χ0v) is 10.1. The van der Waals surface area contributed by atoms with E-state index in [0.29, 0.717) is 0 Å². The van der Waals surface area contributed by atoms with Crippen molar-refractivity contribution in [2.24, 2.45) is 0 Å². The molecule has 0 radical (unpaired) electrons. The van der Waals surface area contributed by atoms with Crippen molar-refractivity contribution in [1.82, 2.24) is 0 Å². The van der Waals surface area contributed by atoms with Crippen molar-refractivity contribution < 1.29 is 0 Å². The first-order valence-electron chi connectivity index (χ1n) is 3.73. The van der Waals surface area contributed by atoms with Gasteiger partial charge in [0.1, 0.15) is 0 Å². The summed E-state index contributed by atoms with van der Waals surface area (Å²) in [5.74, 6) is 0. The second kappa shape index (κ2) is 6.05. The van der Waals surface area contributed by atoms with E-state index in [1.54, 1.807) is 0 Å². The Morgan fingerprint density at radius 2 is 1.60 bits per heavy atom. The van der Waals surface area contributed by atoms with E-state index in [9.17, 15) is 0 Å². The molecule has 10 heavy (non-hydrogen) atoms. The Bertz CT molecular complexity index is 79.6.